The van der Waals surface area contributed by atoms with E-state index >= 15 is 0 Å². The highest BCUT2D eigenvalue weighted by Crippen LogP contribution is 2.44. The first-order chi connectivity index (χ1) is 14.2. The third-order valence-corrected chi connectivity index (χ3v) is 5.23. The molecule has 0 saturated heterocycles. The zero-order valence-corrected chi connectivity index (χ0v) is 16.4. The maximum atomic E-state index is 12.1. The molecule has 1 aliphatic carbocycles. The van der Waals surface area contributed by atoms with E-state index in [1.165, 1.54) is 22.3 Å². The third kappa shape index (κ3) is 4.17. The number of rotatable bonds is 4. The molecule has 3 aromatic carbocycles. The Kier molecular flexibility index (Phi) is 5.63. The minimum Gasteiger partial charge on any atom is -0.449 e. The zero-order valence-electron chi connectivity index (χ0n) is 16.4. The van der Waals surface area contributed by atoms with Crippen molar-refractivity contribution in [2.45, 2.75) is 19.3 Å². The Bertz CT molecular complexity index is 1050. The smallest absolute Gasteiger partial charge is 0.407 e. The molecule has 0 saturated carbocycles. The lowest BCUT2D eigenvalue weighted by molar-refractivity contribution is 0.143. The molecule has 3 aromatic rings. The minimum absolute atomic E-state index is 0.0778. The van der Waals surface area contributed by atoms with Gasteiger partial charge in [0.2, 0.25) is 0 Å². The molecule has 0 aliphatic heterocycles. The van der Waals surface area contributed by atoms with Gasteiger partial charge in [-0.15, -0.1) is 0 Å². The fourth-order valence-corrected chi connectivity index (χ4v) is 3.75. The van der Waals surface area contributed by atoms with Crippen LogP contribution < -0.4 is 5.32 Å². The number of hydrogen-bond donors (Lipinski definition) is 1. The normalized spacial score (nSPS) is 11.8. The van der Waals surface area contributed by atoms with Crippen LogP contribution in [0.3, 0.4) is 0 Å². The Morgan fingerprint density at radius 3 is 2.24 bits per heavy atom. The Morgan fingerprint density at radius 2 is 1.55 bits per heavy atom. The second-order valence-corrected chi connectivity index (χ2v) is 7.12. The summed E-state index contributed by atoms with van der Waals surface area (Å²) in [7, 11) is 0. The summed E-state index contributed by atoms with van der Waals surface area (Å²) in [6, 6.07) is 24.7. The number of carbonyl (C=O) groups excluding carboxylic acids is 1. The summed E-state index contributed by atoms with van der Waals surface area (Å²) in [5, 5.41) is 2.79. The molecule has 0 heterocycles. The predicted molar refractivity (Wildman–Crippen MR) is 116 cm³/mol. The monoisotopic (exact) mass is 381 g/mol. The molecule has 1 N–H and O–H groups in total. The third-order valence-electron chi connectivity index (χ3n) is 5.23. The largest absolute Gasteiger partial charge is 0.449 e. The van der Waals surface area contributed by atoms with Crippen molar-refractivity contribution in [2.24, 2.45) is 0 Å². The lowest BCUT2D eigenvalue weighted by atomic mass is 9.98. The molecule has 1 amide bonds. The molecule has 0 radical (unpaired) electrons. The van der Waals surface area contributed by atoms with Crippen LogP contribution in [0.25, 0.3) is 11.1 Å². The van der Waals surface area contributed by atoms with Gasteiger partial charge in [-0.3, -0.25) is 0 Å². The van der Waals surface area contributed by atoms with Crippen molar-refractivity contribution >= 4 is 6.09 Å². The number of fused-ring (bicyclic) bond motifs is 3. The van der Waals surface area contributed by atoms with Gasteiger partial charge in [-0.2, -0.15) is 0 Å². The van der Waals surface area contributed by atoms with E-state index in [2.05, 4.69) is 41.4 Å². The molecule has 0 fully saturated rings. The highest BCUT2D eigenvalue weighted by atomic mass is 16.5. The quantitative estimate of drug-likeness (QED) is 0.493. The number of nitrogens with one attached hydrogen (secondary N) is 1. The molecule has 0 spiro atoms. The van der Waals surface area contributed by atoms with Gasteiger partial charge < -0.3 is 10.1 Å². The summed E-state index contributed by atoms with van der Waals surface area (Å²) in [6.45, 7) is 2.84. The summed E-state index contributed by atoms with van der Waals surface area (Å²) < 4.78 is 5.53. The molecule has 0 atom stereocenters. The van der Waals surface area contributed by atoms with Crippen molar-refractivity contribution in [1.82, 2.24) is 5.32 Å². The summed E-state index contributed by atoms with van der Waals surface area (Å²) in [5.74, 6) is 6.32. The number of alkyl carbamates (subject to hydrolysis) is 1. The van der Waals surface area contributed by atoms with E-state index in [1.807, 2.05) is 55.5 Å². The van der Waals surface area contributed by atoms with Gasteiger partial charge in [-0.1, -0.05) is 78.6 Å². The molecule has 0 bridgehead atoms. The van der Waals surface area contributed by atoms with Crippen molar-refractivity contribution in [1.29, 1.82) is 0 Å². The van der Waals surface area contributed by atoms with Gasteiger partial charge in [0.1, 0.15) is 6.61 Å². The molecule has 29 heavy (non-hydrogen) atoms. The molecular formula is C26H23NO2. The zero-order chi connectivity index (χ0) is 20.1. The number of hydrogen-bond acceptors (Lipinski definition) is 2. The standard InChI is InChI=1S/C26H23NO2/c1-19-10-2-3-11-20(19)12-8-9-17-27-26(28)29-18-25-23-15-6-4-13-21(23)22-14-5-7-16-24(22)25/h2-7,10-11,13-16,25H,9,17-18H2,1H3,(H,27,28). The summed E-state index contributed by atoms with van der Waals surface area (Å²) in [4.78, 5) is 12.1. The second-order valence-electron chi connectivity index (χ2n) is 7.12. The number of benzene rings is 3. The van der Waals surface area contributed by atoms with Crippen molar-refractivity contribution < 1.29 is 9.53 Å². The molecule has 3 heteroatoms. The van der Waals surface area contributed by atoms with Gasteiger partial charge in [0, 0.05) is 24.4 Å². The van der Waals surface area contributed by atoms with Gasteiger partial charge in [-0.25, -0.2) is 4.79 Å². The minimum atomic E-state index is -0.399. The summed E-state index contributed by atoms with van der Waals surface area (Å²) in [5.41, 5.74) is 7.06. The van der Waals surface area contributed by atoms with Gasteiger partial charge in [0.15, 0.2) is 0 Å². The molecule has 0 unspecified atom stereocenters. The van der Waals surface area contributed by atoms with E-state index in [9.17, 15) is 4.79 Å². The average Bonchev–Trinajstić information content (AvgIpc) is 3.07. The fourth-order valence-electron chi connectivity index (χ4n) is 3.75. The average molecular weight is 381 g/mol. The van der Waals surface area contributed by atoms with Crippen LogP contribution in [-0.4, -0.2) is 19.2 Å². The Labute approximate surface area is 171 Å². The van der Waals surface area contributed by atoms with Crippen LogP contribution in [0, 0.1) is 18.8 Å². The molecule has 0 aromatic heterocycles. The first-order valence-corrected chi connectivity index (χ1v) is 9.87. The van der Waals surface area contributed by atoms with Crippen LogP contribution in [0.5, 0.6) is 0 Å². The van der Waals surface area contributed by atoms with E-state index in [1.54, 1.807) is 0 Å². The van der Waals surface area contributed by atoms with Crippen molar-refractivity contribution in [3.63, 3.8) is 0 Å². The maximum absolute atomic E-state index is 12.1. The van der Waals surface area contributed by atoms with Crippen LogP contribution in [0.4, 0.5) is 4.79 Å². The van der Waals surface area contributed by atoms with Gasteiger partial charge in [-0.05, 0) is 40.8 Å². The fraction of sp³-hybridized carbons (Fsp3) is 0.192. The first kappa shape index (κ1) is 18.8. The van der Waals surface area contributed by atoms with Crippen LogP contribution in [0.2, 0.25) is 0 Å². The van der Waals surface area contributed by atoms with Crippen molar-refractivity contribution in [3.05, 3.63) is 95.1 Å². The predicted octanol–water partition coefficient (Wildman–Crippen LogP) is 5.28. The Hall–Kier alpha value is -3.51. The molecule has 1 aliphatic rings. The summed E-state index contributed by atoms with van der Waals surface area (Å²) >= 11 is 0. The highest BCUT2D eigenvalue weighted by Gasteiger charge is 2.28. The summed E-state index contributed by atoms with van der Waals surface area (Å²) in [6.07, 6.45) is 0.183. The lowest BCUT2D eigenvalue weighted by Crippen LogP contribution is -2.26. The number of aryl methyl sites for hydroxylation is 1. The van der Waals surface area contributed by atoms with Crippen molar-refractivity contribution in [3.8, 4) is 23.0 Å². The SMILES string of the molecule is Cc1ccccc1C#CCCNC(=O)OCC1c2ccccc2-c2ccccc21. The first-order valence-electron chi connectivity index (χ1n) is 9.87. The van der Waals surface area contributed by atoms with Gasteiger partial charge in [0.05, 0.1) is 0 Å². The number of ether oxygens (including phenoxy) is 1. The molecule has 3 nitrogen and oxygen atoms in total. The lowest BCUT2D eigenvalue weighted by Gasteiger charge is -2.14. The molecular weight excluding hydrogens is 358 g/mol. The second kappa shape index (κ2) is 8.67. The van der Waals surface area contributed by atoms with Crippen LogP contribution in [-0.2, 0) is 4.74 Å². The van der Waals surface area contributed by atoms with Crippen molar-refractivity contribution in [2.75, 3.05) is 13.2 Å². The topological polar surface area (TPSA) is 38.3 Å². The Morgan fingerprint density at radius 1 is 0.931 bits per heavy atom. The van der Waals surface area contributed by atoms with Gasteiger partial charge >= 0.3 is 6.09 Å². The van der Waals surface area contributed by atoms with E-state index in [4.69, 9.17) is 4.74 Å². The highest BCUT2D eigenvalue weighted by molar-refractivity contribution is 5.79. The van der Waals surface area contributed by atoms with E-state index in [-0.39, 0.29) is 5.92 Å². The number of amides is 1. The molecule has 4 rings (SSSR count). The molecule has 144 valence electrons. The van der Waals surface area contributed by atoms with Gasteiger partial charge in [0.25, 0.3) is 0 Å². The van der Waals surface area contributed by atoms with E-state index < -0.39 is 6.09 Å². The number of carbonyl (C=O) groups is 1. The van der Waals surface area contributed by atoms with E-state index in [0.29, 0.717) is 19.6 Å². The van der Waals surface area contributed by atoms with Crippen LogP contribution in [0.15, 0.2) is 72.8 Å². The van der Waals surface area contributed by atoms with E-state index in [0.717, 1.165) is 11.1 Å². The van der Waals surface area contributed by atoms with Crippen LogP contribution >= 0.6 is 0 Å². The Balaban J connectivity index is 1.30. The maximum Gasteiger partial charge on any atom is 0.407 e. The van der Waals surface area contributed by atoms with Crippen LogP contribution in [0.1, 0.15) is 34.6 Å².